The number of primary amides is 1. The molecule has 0 spiro atoms. The Kier molecular flexibility index (Phi) is 10.4. The summed E-state index contributed by atoms with van der Waals surface area (Å²) in [5, 5.41) is 0. The van der Waals surface area contributed by atoms with Crippen molar-refractivity contribution in [2.75, 3.05) is 45.4 Å². The maximum atomic E-state index is 12.4. The van der Waals surface area contributed by atoms with Gasteiger partial charge >= 0.3 is 12.1 Å². The Bertz CT molecular complexity index is 2030. The first-order chi connectivity index (χ1) is 23.8. The number of rotatable bonds is 10. The van der Waals surface area contributed by atoms with Gasteiger partial charge in [0.2, 0.25) is 17.8 Å². The zero-order valence-corrected chi connectivity index (χ0v) is 28.8. The number of ether oxygens (including phenoxy) is 4. The zero-order valence-electron chi connectivity index (χ0n) is 28.8. The molecule has 4 aromatic rings. The molecule has 3 heterocycles. The van der Waals surface area contributed by atoms with Gasteiger partial charge < -0.3 is 50.2 Å². The van der Waals surface area contributed by atoms with Crippen LogP contribution in [0, 0.1) is 17.8 Å². The standard InChI is InChI=1S/C35H42N8O7/c1-35(2,3)50-34(46)41-14-11-21(20-41)10-6-9-15-49-27-18-22(30(36)44)16-24-29(27)43(33(38)39-24)13-8-7-12-42-28-25(40-32(42)37)17-23(31(45)48-5)19-26(28)47-4/h7-8,16-19,21H,10-15,20H2,1-5H3,(H2,36,44)(H2,37,40)(H2,38,39)/b8-7+. The molecule has 264 valence electrons. The second-order valence-corrected chi connectivity index (χ2v) is 12.8. The van der Waals surface area contributed by atoms with E-state index >= 15 is 0 Å². The molecule has 1 atom stereocenters. The first kappa shape index (κ1) is 35.4. The fraction of sp³-hybridized carbons (Fsp3) is 0.400. The number of nitrogens with zero attached hydrogens (tertiary/aromatic N) is 5. The van der Waals surface area contributed by atoms with E-state index in [-0.39, 0.29) is 36.1 Å². The fourth-order valence-corrected chi connectivity index (χ4v) is 5.74. The number of fused-ring (bicyclic) bond motifs is 2. The quantitative estimate of drug-likeness (QED) is 0.125. The molecule has 5 rings (SSSR count). The Morgan fingerprint density at radius 1 is 0.920 bits per heavy atom. The summed E-state index contributed by atoms with van der Waals surface area (Å²) in [7, 11) is 2.80. The van der Waals surface area contributed by atoms with Crippen LogP contribution in [0.2, 0.25) is 0 Å². The first-order valence-corrected chi connectivity index (χ1v) is 16.0. The van der Waals surface area contributed by atoms with E-state index in [4.69, 9.17) is 36.1 Å². The van der Waals surface area contributed by atoms with Crippen LogP contribution in [-0.2, 0) is 22.6 Å². The summed E-state index contributed by atoms with van der Waals surface area (Å²) in [6.07, 6.45) is 4.90. The van der Waals surface area contributed by atoms with Gasteiger partial charge in [0.15, 0.2) is 0 Å². The molecule has 2 aromatic carbocycles. The number of hydrogen-bond donors (Lipinski definition) is 3. The number of benzene rings is 2. The van der Waals surface area contributed by atoms with Gasteiger partial charge in [0, 0.05) is 38.2 Å². The molecule has 1 unspecified atom stereocenters. The molecular weight excluding hydrogens is 644 g/mol. The van der Waals surface area contributed by atoms with E-state index in [1.54, 1.807) is 38.3 Å². The lowest BCUT2D eigenvalue weighted by molar-refractivity contribution is 0.0288. The van der Waals surface area contributed by atoms with Crippen molar-refractivity contribution < 1.29 is 33.3 Å². The SMILES string of the molecule is COC(=O)c1cc(OC)c2c(c1)nc(N)n2C/C=C/Cn1c(N)nc2cc(C(N)=O)cc(OCC#CCC3CCN(C(=O)OC(C)(C)C)C3)c21. The van der Waals surface area contributed by atoms with Gasteiger partial charge in [0.25, 0.3) is 0 Å². The number of methoxy groups -OCH3 is 2. The molecule has 0 saturated carbocycles. The summed E-state index contributed by atoms with van der Waals surface area (Å²) < 4.78 is 25.4. The number of nitrogens with two attached hydrogens (primary N) is 3. The van der Waals surface area contributed by atoms with Crippen molar-refractivity contribution >= 4 is 51.9 Å². The van der Waals surface area contributed by atoms with Gasteiger partial charge in [0.05, 0.1) is 30.8 Å². The Labute approximate surface area is 289 Å². The van der Waals surface area contributed by atoms with Gasteiger partial charge in [-0.1, -0.05) is 24.0 Å². The maximum Gasteiger partial charge on any atom is 0.410 e. The third kappa shape index (κ3) is 7.86. The summed E-state index contributed by atoms with van der Waals surface area (Å²) in [5.74, 6) is 6.51. The lowest BCUT2D eigenvalue weighted by Crippen LogP contribution is -2.35. The maximum absolute atomic E-state index is 12.4. The van der Waals surface area contributed by atoms with Crippen LogP contribution < -0.4 is 26.7 Å². The van der Waals surface area contributed by atoms with Gasteiger partial charge in [-0.25, -0.2) is 19.6 Å². The second kappa shape index (κ2) is 14.7. The number of anilines is 2. The van der Waals surface area contributed by atoms with Crippen molar-refractivity contribution in [3.8, 4) is 23.3 Å². The summed E-state index contributed by atoms with van der Waals surface area (Å²) >= 11 is 0. The van der Waals surface area contributed by atoms with E-state index in [0.717, 1.165) is 6.42 Å². The van der Waals surface area contributed by atoms with Crippen molar-refractivity contribution in [2.45, 2.75) is 52.3 Å². The Balaban J connectivity index is 1.29. The van der Waals surface area contributed by atoms with Crippen LogP contribution in [0.4, 0.5) is 16.7 Å². The van der Waals surface area contributed by atoms with Crippen LogP contribution in [0.1, 0.15) is 54.3 Å². The van der Waals surface area contributed by atoms with E-state index in [2.05, 4.69) is 21.8 Å². The molecule has 2 aromatic heterocycles. The smallest absolute Gasteiger partial charge is 0.410 e. The highest BCUT2D eigenvalue weighted by Crippen LogP contribution is 2.32. The van der Waals surface area contributed by atoms with Crippen LogP contribution in [0.15, 0.2) is 36.4 Å². The normalized spacial score (nSPS) is 14.6. The first-order valence-electron chi connectivity index (χ1n) is 16.0. The Morgan fingerprint density at radius 2 is 1.52 bits per heavy atom. The van der Waals surface area contributed by atoms with Crippen LogP contribution in [0.25, 0.3) is 22.1 Å². The van der Waals surface area contributed by atoms with E-state index < -0.39 is 17.5 Å². The van der Waals surface area contributed by atoms with Gasteiger partial charge in [0.1, 0.15) is 34.7 Å². The Hall–Kier alpha value is -5.91. The minimum atomic E-state index is -0.633. The van der Waals surface area contributed by atoms with Gasteiger partial charge in [-0.3, -0.25) is 4.79 Å². The van der Waals surface area contributed by atoms with Crippen LogP contribution in [0.5, 0.6) is 11.5 Å². The van der Waals surface area contributed by atoms with Crippen molar-refractivity contribution in [3.05, 3.63) is 47.5 Å². The van der Waals surface area contributed by atoms with E-state index in [1.165, 1.54) is 14.2 Å². The molecule has 15 nitrogen and oxygen atoms in total. The number of hydrogen-bond acceptors (Lipinski definition) is 11. The number of allylic oxidation sites excluding steroid dienone is 2. The van der Waals surface area contributed by atoms with Crippen molar-refractivity contribution in [2.24, 2.45) is 11.7 Å². The number of aromatic nitrogens is 4. The highest BCUT2D eigenvalue weighted by atomic mass is 16.6. The topological polar surface area (TPSA) is 205 Å². The summed E-state index contributed by atoms with van der Waals surface area (Å²) in [4.78, 5) is 47.1. The predicted molar refractivity (Wildman–Crippen MR) is 188 cm³/mol. The lowest BCUT2D eigenvalue weighted by Gasteiger charge is -2.24. The summed E-state index contributed by atoms with van der Waals surface area (Å²) in [6.45, 7) is 7.46. The fourth-order valence-electron chi connectivity index (χ4n) is 5.74. The predicted octanol–water partition coefficient (Wildman–Crippen LogP) is 3.73. The minimum Gasteiger partial charge on any atom is -0.494 e. The third-order valence-electron chi connectivity index (χ3n) is 8.09. The largest absolute Gasteiger partial charge is 0.494 e. The number of carbonyl (C=O) groups excluding carboxylic acids is 3. The van der Waals surface area contributed by atoms with Crippen molar-refractivity contribution in [1.82, 2.24) is 24.0 Å². The molecule has 0 bridgehead atoms. The number of imidazole rings is 2. The van der Waals surface area contributed by atoms with Crippen LogP contribution in [-0.4, -0.2) is 81.5 Å². The number of esters is 1. The van der Waals surface area contributed by atoms with Gasteiger partial charge in [-0.15, -0.1) is 0 Å². The molecule has 2 amide bonds. The number of likely N-dealkylation sites (tertiary alicyclic amines) is 1. The van der Waals surface area contributed by atoms with Crippen LogP contribution in [0.3, 0.4) is 0 Å². The number of carbonyl (C=O) groups is 3. The molecule has 0 radical (unpaired) electrons. The lowest BCUT2D eigenvalue weighted by atomic mass is 10.1. The summed E-state index contributed by atoms with van der Waals surface area (Å²) in [5.41, 5.74) is 20.3. The number of amides is 2. The van der Waals surface area contributed by atoms with Crippen molar-refractivity contribution in [3.63, 3.8) is 0 Å². The molecule has 0 aliphatic carbocycles. The van der Waals surface area contributed by atoms with Crippen LogP contribution >= 0.6 is 0 Å². The van der Waals surface area contributed by atoms with E-state index in [9.17, 15) is 14.4 Å². The molecular formula is C35H42N8O7. The van der Waals surface area contributed by atoms with Gasteiger partial charge in [-0.05, 0) is 57.4 Å². The molecule has 6 N–H and O–H groups in total. The zero-order chi connectivity index (χ0) is 36.2. The van der Waals surface area contributed by atoms with E-state index in [1.807, 2.05) is 32.9 Å². The minimum absolute atomic E-state index is 0.0489. The van der Waals surface area contributed by atoms with E-state index in [0.29, 0.717) is 71.7 Å². The van der Waals surface area contributed by atoms with Gasteiger partial charge in [-0.2, -0.15) is 0 Å². The molecule has 15 heteroatoms. The number of nitrogen functional groups attached to an aromatic ring is 2. The molecule has 1 aliphatic rings. The highest BCUT2D eigenvalue weighted by molar-refractivity contribution is 5.99. The second-order valence-electron chi connectivity index (χ2n) is 12.8. The molecule has 1 fully saturated rings. The average Bonchev–Trinajstić information content (AvgIpc) is 3.75. The van der Waals surface area contributed by atoms with Crippen molar-refractivity contribution in [1.29, 1.82) is 0 Å². The summed E-state index contributed by atoms with van der Waals surface area (Å²) in [6, 6.07) is 6.29. The third-order valence-corrected chi connectivity index (χ3v) is 8.09. The molecule has 50 heavy (non-hydrogen) atoms. The molecule has 1 saturated heterocycles. The highest BCUT2D eigenvalue weighted by Gasteiger charge is 2.29. The Morgan fingerprint density at radius 3 is 2.10 bits per heavy atom. The monoisotopic (exact) mass is 686 g/mol. The molecule has 1 aliphatic heterocycles. The average molecular weight is 687 g/mol.